The zero-order valence-electron chi connectivity index (χ0n) is 14.1. The Morgan fingerprint density at radius 1 is 1.20 bits per heavy atom. The Morgan fingerprint density at radius 3 is 2.15 bits per heavy atom. The third-order valence-corrected chi connectivity index (χ3v) is 5.05. The second-order valence-electron chi connectivity index (χ2n) is 7.98. The molecular formula is C19H31N. The summed E-state index contributed by atoms with van der Waals surface area (Å²) in [6.45, 7) is 14.8. The van der Waals surface area contributed by atoms with E-state index >= 15 is 0 Å². The summed E-state index contributed by atoms with van der Waals surface area (Å²) in [4.78, 5) is 0. The lowest BCUT2D eigenvalue weighted by Crippen LogP contribution is -2.53. The van der Waals surface area contributed by atoms with Gasteiger partial charge in [-0.1, -0.05) is 45.0 Å². The fraction of sp³-hybridized carbons (Fsp3) is 0.684. The molecule has 1 heteroatoms. The minimum absolute atomic E-state index is 0.195. The summed E-state index contributed by atoms with van der Waals surface area (Å²) in [7, 11) is 0. The SMILES string of the molecule is CC(C)c1ccc(C2(CNC(C)(C)C)CCC2C)cc1. The Bertz CT molecular complexity index is 438. The van der Waals surface area contributed by atoms with Gasteiger partial charge in [-0.25, -0.2) is 0 Å². The van der Waals surface area contributed by atoms with Crippen molar-refractivity contribution in [2.75, 3.05) is 6.54 Å². The van der Waals surface area contributed by atoms with Gasteiger partial charge in [0.05, 0.1) is 0 Å². The van der Waals surface area contributed by atoms with Gasteiger partial charge >= 0.3 is 0 Å². The second kappa shape index (κ2) is 5.52. The van der Waals surface area contributed by atoms with Crippen LogP contribution in [0.3, 0.4) is 0 Å². The zero-order chi connectivity index (χ0) is 15.0. The lowest BCUT2D eigenvalue weighted by molar-refractivity contribution is 0.124. The van der Waals surface area contributed by atoms with Gasteiger partial charge in [-0.15, -0.1) is 0 Å². The van der Waals surface area contributed by atoms with Crippen LogP contribution in [-0.2, 0) is 5.41 Å². The molecule has 1 N–H and O–H groups in total. The predicted octanol–water partition coefficient (Wildman–Crippen LogP) is 4.87. The molecule has 112 valence electrons. The summed E-state index contributed by atoms with van der Waals surface area (Å²) in [6, 6.07) is 9.39. The molecule has 2 rings (SSSR count). The van der Waals surface area contributed by atoms with Crippen molar-refractivity contribution in [3.8, 4) is 0 Å². The molecule has 0 amide bonds. The van der Waals surface area contributed by atoms with E-state index in [9.17, 15) is 0 Å². The van der Waals surface area contributed by atoms with Crippen molar-refractivity contribution in [1.29, 1.82) is 0 Å². The molecule has 1 nitrogen and oxygen atoms in total. The van der Waals surface area contributed by atoms with Crippen LogP contribution in [-0.4, -0.2) is 12.1 Å². The monoisotopic (exact) mass is 273 g/mol. The molecule has 0 aromatic heterocycles. The Hall–Kier alpha value is -0.820. The maximum Gasteiger partial charge on any atom is 0.0104 e. The first-order valence-corrected chi connectivity index (χ1v) is 8.10. The topological polar surface area (TPSA) is 12.0 Å². The minimum atomic E-state index is 0.195. The highest BCUT2D eigenvalue weighted by Crippen LogP contribution is 2.48. The van der Waals surface area contributed by atoms with Crippen molar-refractivity contribution < 1.29 is 0 Å². The van der Waals surface area contributed by atoms with Gasteiger partial charge in [-0.3, -0.25) is 0 Å². The van der Waals surface area contributed by atoms with Crippen LogP contribution < -0.4 is 5.32 Å². The van der Waals surface area contributed by atoms with E-state index < -0.39 is 0 Å². The highest BCUT2D eigenvalue weighted by molar-refractivity contribution is 5.34. The van der Waals surface area contributed by atoms with Crippen LogP contribution in [0.15, 0.2) is 24.3 Å². The minimum Gasteiger partial charge on any atom is -0.311 e. The smallest absolute Gasteiger partial charge is 0.0104 e. The molecule has 20 heavy (non-hydrogen) atoms. The molecule has 2 atom stereocenters. The van der Waals surface area contributed by atoms with Crippen LogP contribution >= 0.6 is 0 Å². The van der Waals surface area contributed by atoms with E-state index in [2.05, 4.69) is 71.1 Å². The second-order valence-corrected chi connectivity index (χ2v) is 7.98. The standard InChI is InChI=1S/C19H31N/c1-14(2)16-7-9-17(10-8-16)19(12-11-15(19)3)13-20-18(4,5)6/h7-10,14-15,20H,11-13H2,1-6H3. The van der Waals surface area contributed by atoms with Crippen molar-refractivity contribution in [2.45, 2.75) is 71.3 Å². The first kappa shape index (κ1) is 15.6. The molecule has 0 heterocycles. The van der Waals surface area contributed by atoms with E-state index in [0.717, 1.165) is 12.5 Å². The van der Waals surface area contributed by atoms with Gasteiger partial charge in [0.2, 0.25) is 0 Å². The van der Waals surface area contributed by atoms with E-state index in [1.54, 1.807) is 0 Å². The van der Waals surface area contributed by atoms with E-state index in [-0.39, 0.29) is 5.54 Å². The molecular weight excluding hydrogens is 242 g/mol. The molecule has 1 aliphatic rings. The first-order chi connectivity index (χ1) is 9.24. The van der Waals surface area contributed by atoms with Crippen LogP contribution in [0, 0.1) is 5.92 Å². The van der Waals surface area contributed by atoms with E-state index in [1.807, 2.05) is 0 Å². The molecule has 1 aromatic carbocycles. The maximum absolute atomic E-state index is 3.73. The van der Waals surface area contributed by atoms with Crippen LogP contribution in [0.25, 0.3) is 0 Å². The summed E-state index contributed by atoms with van der Waals surface area (Å²) in [5.74, 6) is 1.40. The molecule has 1 saturated carbocycles. The van der Waals surface area contributed by atoms with E-state index in [0.29, 0.717) is 11.3 Å². The molecule has 1 fully saturated rings. The zero-order valence-corrected chi connectivity index (χ0v) is 14.1. The number of nitrogens with one attached hydrogen (secondary N) is 1. The predicted molar refractivity (Wildman–Crippen MR) is 88.4 cm³/mol. The Balaban J connectivity index is 2.20. The van der Waals surface area contributed by atoms with Crippen LogP contribution in [0.4, 0.5) is 0 Å². The van der Waals surface area contributed by atoms with Crippen LogP contribution in [0.1, 0.15) is 71.4 Å². The van der Waals surface area contributed by atoms with E-state index in [4.69, 9.17) is 0 Å². The maximum atomic E-state index is 3.73. The average molecular weight is 273 g/mol. The van der Waals surface area contributed by atoms with Gasteiger partial charge in [0, 0.05) is 17.5 Å². The van der Waals surface area contributed by atoms with Gasteiger partial charge in [0.15, 0.2) is 0 Å². The van der Waals surface area contributed by atoms with Crippen molar-refractivity contribution in [2.24, 2.45) is 5.92 Å². The van der Waals surface area contributed by atoms with Crippen molar-refractivity contribution in [3.05, 3.63) is 35.4 Å². The summed E-state index contributed by atoms with van der Waals surface area (Å²) >= 11 is 0. The summed E-state index contributed by atoms with van der Waals surface area (Å²) in [5, 5.41) is 3.73. The Labute approximate surface area is 125 Å². The van der Waals surface area contributed by atoms with Crippen molar-refractivity contribution >= 4 is 0 Å². The number of benzene rings is 1. The summed E-state index contributed by atoms with van der Waals surface area (Å²) < 4.78 is 0. The van der Waals surface area contributed by atoms with Gasteiger partial charge in [-0.2, -0.15) is 0 Å². The number of hydrogen-bond acceptors (Lipinski definition) is 1. The quantitative estimate of drug-likeness (QED) is 0.825. The number of hydrogen-bond donors (Lipinski definition) is 1. The molecule has 2 unspecified atom stereocenters. The Morgan fingerprint density at radius 2 is 1.80 bits per heavy atom. The molecule has 0 saturated heterocycles. The molecule has 0 radical (unpaired) electrons. The van der Waals surface area contributed by atoms with Crippen molar-refractivity contribution in [1.82, 2.24) is 5.32 Å². The van der Waals surface area contributed by atoms with E-state index in [1.165, 1.54) is 24.0 Å². The van der Waals surface area contributed by atoms with Crippen LogP contribution in [0.2, 0.25) is 0 Å². The lowest BCUT2D eigenvalue weighted by Gasteiger charge is -2.50. The molecule has 1 aliphatic carbocycles. The fourth-order valence-corrected chi connectivity index (χ4v) is 3.20. The van der Waals surface area contributed by atoms with Gasteiger partial charge in [0.1, 0.15) is 0 Å². The van der Waals surface area contributed by atoms with Gasteiger partial charge < -0.3 is 5.32 Å². The Kier molecular flexibility index (Phi) is 4.30. The molecule has 0 bridgehead atoms. The van der Waals surface area contributed by atoms with Gasteiger partial charge in [-0.05, 0) is 56.6 Å². The molecule has 1 aromatic rings. The van der Waals surface area contributed by atoms with Gasteiger partial charge in [0.25, 0.3) is 0 Å². The first-order valence-electron chi connectivity index (χ1n) is 8.10. The molecule has 0 spiro atoms. The number of rotatable bonds is 4. The third-order valence-electron chi connectivity index (χ3n) is 5.05. The third kappa shape index (κ3) is 3.09. The summed E-state index contributed by atoms with van der Waals surface area (Å²) in [5.41, 5.74) is 3.51. The highest BCUT2D eigenvalue weighted by Gasteiger charge is 2.45. The lowest BCUT2D eigenvalue weighted by atomic mass is 9.57. The normalized spacial score (nSPS) is 26.6. The van der Waals surface area contributed by atoms with Crippen molar-refractivity contribution in [3.63, 3.8) is 0 Å². The largest absolute Gasteiger partial charge is 0.311 e. The molecule has 0 aliphatic heterocycles. The average Bonchev–Trinajstić information content (AvgIpc) is 2.37. The highest BCUT2D eigenvalue weighted by atomic mass is 15.0. The summed E-state index contributed by atoms with van der Waals surface area (Å²) in [6.07, 6.45) is 2.68. The van der Waals surface area contributed by atoms with Crippen LogP contribution in [0.5, 0.6) is 0 Å². The fourth-order valence-electron chi connectivity index (χ4n) is 3.20.